The molecular weight excluding hydrogens is 238 g/mol. The van der Waals surface area contributed by atoms with Crippen LogP contribution >= 0.6 is 0 Å². The van der Waals surface area contributed by atoms with Crippen LogP contribution in [0, 0.1) is 26.2 Å². The molecule has 0 radical (unpaired) electrons. The first-order valence-corrected chi connectivity index (χ1v) is 7.14. The fraction of sp³-hybridized carbons (Fsp3) is 0.625. The molecular formula is C16H23NO2. The van der Waals surface area contributed by atoms with E-state index in [1.165, 1.54) is 24.8 Å². The van der Waals surface area contributed by atoms with Crippen LogP contribution in [0.1, 0.15) is 47.6 Å². The predicted molar refractivity (Wildman–Crippen MR) is 75.9 cm³/mol. The van der Waals surface area contributed by atoms with E-state index in [1.54, 1.807) is 0 Å². The highest BCUT2D eigenvalue weighted by Gasteiger charge is 2.49. The van der Waals surface area contributed by atoms with E-state index in [-0.39, 0.29) is 5.41 Å². The van der Waals surface area contributed by atoms with Crippen LogP contribution in [-0.2, 0) is 0 Å². The zero-order valence-corrected chi connectivity index (χ0v) is 12.3. The molecule has 19 heavy (non-hydrogen) atoms. The molecule has 0 amide bonds. The summed E-state index contributed by atoms with van der Waals surface area (Å²) in [5, 5.41) is 13.8. The highest BCUT2D eigenvalue weighted by molar-refractivity contribution is 5.59. The molecule has 1 atom stereocenters. The molecule has 2 N–H and O–H groups in total. The van der Waals surface area contributed by atoms with E-state index in [0.717, 1.165) is 29.0 Å². The average Bonchev–Trinajstić information content (AvgIpc) is 2.39. The van der Waals surface area contributed by atoms with Gasteiger partial charge in [-0.05, 0) is 57.4 Å². The van der Waals surface area contributed by atoms with Crippen LogP contribution in [0.2, 0.25) is 0 Å². The first-order valence-electron chi connectivity index (χ1n) is 7.14. The quantitative estimate of drug-likeness (QED) is 0.816. The number of phenolic OH excluding ortho intramolecular Hbond substituents is 1. The number of rotatable bonds is 1. The van der Waals surface area contributed by atoms with Gasteiger partial charge < -0.3 is 15.2 Å². The number of aromatic hydroxyl groups is 1. The Balaban J connectivity index is 2.21. The Labute approximate surface area is 115 Å². The Morgan fingerprint density at radius 1 is 1.16 bits per heavy atom. The van der Waals surface area contributed by atoms with E-state index in [2.05, 4.69) is 5.32 Å². The van der Waals surface area contributed by atoms with Crippen molar-refractivity contribution in [3.8, 4) is 11.5 Å². The summed E-state index contributed by atoms with van der Waals surface area (Å²) in [5.74, 6) is 1.42. The number of ether oxygens (including phenoxy) is 1. The van der Waals surface area contributed by atoms with Crippen molar-refractivity contribution in [3.63, 3.8) is 0 Å². The fourth-order valence-corrected chi connectivity index (χ4v) is 3.78. The second kappa shape index (κ2) is 4.14. The van der Waals surface area contributed by atoms with Gasteiger partial charge in [0.05, 0.1) is 6.61 Å². The highest BCUT2D eigenvalue weighted by Crippen LogP contribution is 2.57. The molecule has 1 fully saturated rings. The Morgan fingerprint density at radius 3 is 2.37 bits per heavy atom. The van der Waals surface area contributed by atoms with E-state index < -0.39 is 0 Å². The standard InChI is InChI=1S/C16H23NO2/c1-9-10(2)14-12(11(3)13(9)18)15(17-4)16(8-19-14)6-5-7-16/h15,17-18H,5-8H2,1-4H3. The smallest absolute Gasteiger partial charge is 0.127 e. The van der Waals surface area contributed by atoms with Gasteiger partial charge in [0.1, 0.15) is 11.5 Å². The summed E-state index contributed by atoms with van der Waals surface area (Å²) >= 11 is 0. The predicted octanol–water partition coefficient (Wildman–Crippen LogP) is 3.14. The van der Waals surface area contributed by atoms with Crippen molar-refractivity contribution < 1.29 is 9.84 Å². The first kappa shape index (κ1) is 12.8. The molecule has 104 valence electrons. The lowest BCUT2D eigenvalue weighted by Gasteiger charge is -2.51. The third-order valence-electron chi connectivity index (χ3n) is 5.31. The van der Waals surface area contributed by atoms with Crippen molar-refractivity contribution in [1.29, 1.82) is 0 Å². The van der Waals surface area contributed by atoms with E-state index in [1.807, 2.05) is 27.8 Å². The second-order valence-electron chi connectivity index (χ2n) is 6.19. The average molecular weight is 261 g/mol. The summed E-state index contributed by atoms with van der Waals surface area (Å²) in [7, 11) is 2.02. The van der Waals surface area contributed by atoms with Gasteiger partial charge in [0.25, 0.3) is 0 Å². The SMILES string of the molecule is CNC1c2c(C)c(O)c(C)c(C)c2OCC12CCC2. The lowest BCUT2D eigenvalue weighted by atomic mass is 9.61. The maximum atomic E-state index is 10.3. The molecule has 1 saturated carbocycles. The van der Waals surface area contributed by atoms with Crippen molar-refractivity contribution >= 4 is 0 Å². The number of fused-ring (bicyclic) bond motifs is 1. The molecule has 0 bridgehead atoms. The Bertz CT molecular complexity index is 532. The third-order valence-corrected chi connectivity index (χ3v) is 5.31. The molecule has 1 unspecified atom stereocenters. The van der Waals surface area contributed by atoms with Crippen LogP contribution < -0.4 is 10.1 Å². The fourth-order valence-electron chi connectivity index (χ4n) is 3.78. The minimum absolute atomic E-state index is 0.237. The van der Waals surface area contributed by atoms with Crippen molar-refractivity contribution in [2.24, 2.45) is 5.41 Å². The van der Waals surface area contributed by atoms with Crippen molar-refractivity contribution in [2.45, 2.75) is 46.1 Å². The Kier molecular flexibility index (Phi) is 2.79. The maximum Gasteiger partial charge on any atom is 0.127 e. The van der Waals surface area contributed by atoms with Gasteiger partial charge in [-0.1, -0.05) is 6.42 Å². The molecule has 3 nitrogen and oxygen atoms in total. The number of nitrogens with one attached hydrogen (secondary N) is 1. The van der Waals surface area contributed by atoms with Crippen molar-refractivity contribution in [3.05, 3.63) is 22.3 Å². The maximum absolute atomic E-state index is 10.3. The zero-order chi connectivity index (χ0) is 13.8. The highest BCUT2D eigenvalue weighted by atomic mass is 16.5. The molecule has 0 aromatic heterocycles. The number of benzene rings is 1. The van der Waals surface area contributed by atoms with Gasteiger partial charge in [0, 0.05) is 17.0 Å². The Hall–Kier alpha value is -1.22. The number of hydrogen-bond acceptors (Lipinski definition) is 3. The summed E-state index contributed by atoms with van der Waals surface area (Å²) in [5.41, 5.74) is 4.40. The van der Waals surface area contributed by atoms with Crippen LogP contribution in [0.4, 0.5) is 0 Å². The van der Waals surface area contributed by atoms with Gasteiger partial charge in [0.2, 0.25) is 0 Å². The van der Waals surface area contributed by atoms with Gasteiger partial charge in [-0.3, -0.25) is 0 Å². The molecule has 1 aromatic carbocycles. The van der Waals surface area contributed by atoms with Crippen LogP contribution in [0.25, 0.3) is 0 Å². The molecule has 3 heteroatoms. The minimum atomic E-state index is 0.237. The summed E-state index contributed by atoms with van der Waals surface area (Å²) < 4.78 is 6.11. The van der Waals surface area contributed by atoms with Crippen LogP contribution in [0.5, 0.6) is 11.5 Å². The van der Waals surface area contributed by atoms with E-state index >= 15 is 0 Å². The van der Waals surface area contributed by atoms with Crippen LogP contribution in [0.15, 0.2) is 0 Å². The minimum Gasteiger partial charge on any atom is -0.507 e. The zero-order valence-electron chi connectivity index (χ0n) is 12.3. The van der Waals surface area contributed by atoms with Gasteiger partial charge in [-0.15, -0.1) is 0 Å². The molecule has 0 saturated heterocycles. The summed E-state index contributed by atoms with van der Waals surface area (Å²) in [6, 6.07) is 0.301. The molecule has 1 aliphatic heterocycles. The number of hydrogen-bond donors (Lipinski definition) is 2. The van der Waals surface area contributed by atoms with Crippen LogP contribution in [-0.4, -0.2) is 18.8 Å². The van der Waals surface area contributed by atoms with Gasteiger partial charge in [0.15, 0.2) is 0 Å². The first-order chi connectivity index (χ1) is 9.02. The van der Waals surface area contributed by atoms with Gasteiger partial charge in [-0.2, -0.15) is 0 Å². The third kappa shape index (κ3) is 1.54. The monoisotopic (exact) mass is 261 g/mol. The normalized spacial score (nSPS) is 23.7. The summed E-state index contributed by atoms with van der Waals surface area (Å²) in [4.78, 5) is 0. The van der Waals surface area contributed by atoms with Crippen molar-refractivity contribution in [1.82, 2.24) is 5.32 Å². The molecule has 1 aromatic rings. The van der Waals surface area contributed by atoms with E-state index in [9.17, 15) is 5.11 Å². The van der Waals surface area contributed by atoms with E-state index in [0.29, 0.717) is 11.8 Å². The molecule has 1 aliphatic carbocycles. The van der Waals surface area contributed by atoms with Crippen LogP contribution in [0.3, 0.4) is 0 Å². The summed E-state index contributed by atoms with van der Waals surface area (Å²) in [6.45, 7) is 6.81. The second-order valence-corrected chi connectivity index (χ2v) is 6.19. The number of phenols is 1. The topological polar surface area (TPSA) is 41.5 Å². The largest absolute Gasteiger partial charge is 0.507 e. The van der Waals surface area contributed by atoms with Gasteiger partial charge in [-0.25, -0.2) is 0 Å². The molecule has 3 rings (SSSR count). The molecule has 1 spiro atoms. The lowest BCUT2D eigenvalue weighted by Crippen LogP contribution is -2.49. The summed E-state index contributed by atoms with van der Waals surface area (Å²) in [6.07, 6.45) is 3.71. The lowest BCUT2D eigenvalue weighted by molar-refractivity contribution is -0.000408. The van der Waals surface area contributed by atoms with E-state index in [4.69, 9.17) is 4.74 Å². The van der Waals surface area contributed by atoms with Crippen molar-refractivity contribution in [2.75, 3.05) is 13.7 Å². The Morgan fingerprint density at radius 2 is 1.84 bits per heavy atom. The molecule has 1 heterocycles. The molecule has 2 aliphatic rings. The van der Waals surface area contributed by atoms with Gasteiger partial charge >= 0.3 is 0 Å².